The first-order valence-corrected chi connectivity index (χ1v) is 31.0. The van der Waals surface area contributed by atoms with Gasteiger partial charge in [-0.15, -0.1) is 0 Å². The standard InChI is InChI=1S/C68H115NO8/c1-6-8-10-12-14-16-18-20-22-24-26-28-30-32-33-35-36-38-40-42-44-46-48-50-52-54-56-58-65(70)75-62-64(63-76-68(67(72)73)74-61-60-69(3,4)5)77-66(71)59-57-55-53-51-49-47-45-43-41-39-37-34-31-29-27-25-23-21-19-17-15-13-11-9-7-2/h9,11,15,17-18,20-21,23-24,26-27,29,34,37,41,43,47,49,64,68H,6-8,10,12-14,16,19,22,25,28,30-33,35-36,38-40,42,44-46,48,50-63H2,1-5H3/b11-9-,17-15-,20-18-,23-21-,26-24-,29-27-,37-34-,43-41-,49-47-. The summed E-state index contributed by atoms with van der Waals surface area (Å²) in [4.78, 5) is 37.4. The number of carbonyl (C=O) groups excluding carboxylic acids is 3. The van der Waals surface area contributed by atoms with Crippen LogP contribution >= 0.6 is 0 Å². The van der Waals surface area contributed by atoms with E-state index < -0.39 is 24.3 Å². The van der Waals surface area contributed by atoms with Gasteiger partial charge in [0.1, 0.15) is 13.2 Å². The minimum absolute atomic E-state index is 0.135. The van der Waals surface area contributed by atoms with E-state index in [2.05, 4.69) is 123 Å². The zero-order valence-electron chi connectivity index (χ0n) is 50.0. The summed E-state index contributed by atoms with van der Waals surface area (Å²) in [7, 11) is 5.91. The first-order valence-electron chi connectivity index (χ1n) is 31.0. The van der Waals surface area contributed by atoms with E-state index in [1.165, 1.54) is 122 Å². The number of esters is 2. The van der Waals surface area contributed by atoms with Crippen molar-refractivity contribution in [2.24, 2.45) is 0 Å². The van der Waals surface area contributed by atoms with Crippen LogP contribution in [0.1, 0.15) is 245 Å². The third kappa shape index (κ3) is 59.5. The molecule has 77 heavy (non-hydrogen) atoms. The summed E-state index contributed by atoms with van der Waals surface area (Å²) in [5, 5.41) is 11.8. The lowest BCUT2D eigenvalue weighted by Gasteiger charge is -2.26. The van der Waals surface area contributed by atoms with Crippen LogP contribution in [-0.2, 0) is 33.3 Å². The molecule has 0 bridgehead atoms. The van der Waals surface area contributed by atoms with Gasteiger partial charge in [0.05, 0.1) is 40.3 Å². The molecule has 0 amide bonds. The summed E-state index contributed by atoms with van der Waals surface area (Å²) in [5.41, 5.74) is 0. The van der Waals surface area contributed by atoms with Crippen LogP contribution in [0.2, 0.25) is 0 Å². The van der Waals surface area contributed by atoms with Gasteiger partial charge in [0.15, 0.2) is 12.4 Å². The van der Waals surface area contributed by atoms with Crippen molar-refractivity contribution in [1.29, 1.82) is 0 Å². The van der Waals surface area contributed by atoms with Gasteiger partial charge >= 0.3 is 11.9 Å². The average Bonchev–Trinajstić information content (AvgIpc) is 3.40. The van der Waals surface area contributed by atoms with Crippen LogP contribution in [-0.4, -0.2) is 82.3 Å². The number of hydrogen-bond donors (Lipinski definition) is 0. The number of unbranched alkanes of at least 4 members (excludes halogenated alkanes) is 23. The van der Waals surface area contributed by atoms with Gasteiger partial charge in [-0.25, -0.2) is 0 Å². The Hall–Kier alpha value is -4.05. The topological polar surface area (TPSA) is 111 Å². The third-order valence-corrected chi connectivity index (χ3v) is 13.0. The second-order valence-corrected chi connectivity index (χ2v) is 21.6. The number of aliphatic carboxylic acids is 1. The monoisotopic (exact) mass is 1070 g/mol. The number of carboxylic acid groups (broad SMARTS) is 1. The molecule has 0 saturated heterocycles. The van der Waals surface area contributed by atoms with E-state index in [-0.39, 0.29) is 38.6 Å². The molecular weight excluding hydrogens is 959 g/mol. The molecule has 0 aliphatic rings. The lowest BCUT2D eigenvalue weighted by atomic mass is 10.0. The molecule has 0 N–H and O–H groups in total. The van der Waals surface area contributed by atoms with E-state index in [9.17, 15) is 19.5 Å². The van der Waals surface area contributed by atoms with Crippen LogP contribution in [0.3, 0.4) is 0 Å². The molecule has 9 nitrogen and oxygen atoms in total. The second kappa shape index (κ2) is 58.1. The lowest BCUT2D eigenvalue weighted by Crippen LogP contribution is -2.44. The maximum absolute atomic E-state index is 12.9. The number of carboxylic acids is 1. The predicted molar refractivity (Wildman–Crippen MR) is 324 cm³/mol. The van der Waals surface area contributed by atoms with Crippen LogP contribution < -0.4 is 5.11 Å². The fourth-order valence-electron chi connectivity index (χ4n) is 8.25. The molecule has 9 heteroatoms. The zero-order chi connectivity index (χ0) is 56.2. The first kappa shape index (κ1) is 73.0. The van der Waals surface area contributed by atoms with Crippen molar-refractivity contribution >= 4 is 17.9 Å². The van der Waals surface area contributed by atoms with Gasteiger partial charge in [0.2, 0.25) is 0 Å². The van der Waals surface area contributed by atoms with Crippen molar-refractivity contribution in [2.75, 3.05) is 47.5 Å². The first-order chi connectivity index (χ1) is 37.6. The maximum Gasteiger partial charge on any atom is 0.306 e. The Labute approximate surface area is 473 Å². The summed E-state index contributed by atoms with van der Waals surface area (Å²) in [6.07, 6.45) is 77.2. The Balaban J connectivity index is 4.28. The van der Waals surface area contributed by atoms with E-state index in [0.29, 0.717) is 17.4 Å². The summed E-state index contributed by atoms with van der Waals surface area (Å²) in [5.74, 6) is -2.33. The molecular formula is C68H115NO8. The van der Waals surface area contributed by atoms with Crippen LogP contribution in [0, 0.1) is 0 Å². The van der Waals surface area contributed by atoms with E-state index in [0.717, 1.165) is 89.9 Å². The van der Waals surface area contributed by atoms with Crippen LogP contribution in [0.15, 0.2) is 109 Å². The minimum Gasteiger partial charge on any atom is -0.545 e. The molecule has 0 aromatic rings. The molecule has 0 fully saturated rings. The quantitative estimate of drug-likeness (QED) is 0.0195. The summed E-state index contributed by atoms with van der Waals surface area (Å²) in [6, 6.07) is 0. The summed E-state index contributed by atoms with van der Waals surface area (Å²) in [6.45, 7) is 4.59. The van der Waals surface area contributed by atoms with Crippen molar-refractivity contribution in [3.8, 4) is 0 Å². The molecule has 0 aromatic carbocycles. The van der Waals surface area contributed by atoms with Crippen molar-refractivity contribution in [3.05, 3.63) is 109 Å². The van der Waals surface area contributed by atoms with Gasteiger partial charge in [-0.05, 0) is 103 Å². The number of nitrogens with zero attached hydrogens (tertiary/aromatic N) is 1. The van der Waals surface area contributed by atoms with E-state index in [1.807, 2.05) is 21.1 Å². The molecule has 0 aromatic heterocycles. The highest BCUT2D eigenvalue weighted by Crippen LogP contribution is 2.16. The molecule has 440 valence electrons. The second-order valence-electron chi connectivity index (χ2n) is 21.6. The Morgan fingerprint density at radius 2 is 0.740 bits per heavy atom. The molecule has 0 aliphatic carbocycles. The Morgan fingerprint density at radius 1 is 0.403 bits per heavy atom. The van der Waals surface area contributed by atoms with Crippen molar-refractivity contribution < 1.29 is 42.9 Å². The molecule has 0 rings (SSSR count). The molecule has 0 saturated carbocycles. The van der Waals surface area contributed by atoms with Gasteiger partial charge in [-0.3, -0.25) is 9.59 Å². The molecule has 0 radical (unpaired) electrons. The van der Waals surface area contributed by atoms with Gasteiger partial charge in [0.25, 0.3) is 0 Å². The number of hydrogen-bond acceptors (Lipinski definition) is 8. The van der Waals surface area contributed by atoms with Crippen molar-refractivity contribution in [3.63, 3.8) is 0 Å². The number of rotatable bonds is 56. The van der Waals surface area contributed by atoms with E-state index >= 15 is 0 Å². The molecule has 0 aliphatic heterocycles. The third-order valence-electron chi connectivity index (χ3n) is 13.0. The van der Waals surface area contributed by atoms with Crippen molar-refractivity contribution in [2.45, 2.75) is 257 Å². The average molecular weight is 1070 g/mol. The number of quaternary nitrogens is 1. The van der Waals surface area contributed by atoms with Crippen LogP contribution in [0.4, 0.5) is 0 Å². The maximum atomic E-state index is 12.9. The Kier molecular flexibility index (Phi) is 55.1. The fraction of sp³-hybridized carbons (Fsp3) is 0.691. The van der Waals surface area contributed by atoms with Gasteiger partial charge in [0, 0.05) is 12.8 Å². The van der Waals surface area contributed by atoms with Gasteiger partial charge < -0.3 is 33.3 Å². The Bertz CT molecular complexity index is 1630. The van der Waals surface area contributed by atoms with Crippen molar-refractivity contribution in [1.82, 2.24) is 0 Å². The van der Waals surface area contributed by atoms with E-state index in [1.54, 1.807) is 0 Å². The molecule has 0 spiro atoms. The van der Waals surface area contributed by atoms with E-state index in [4.69, 9.17) is 18.9 Å². The number of ether oxygens (including phenoxy) is 4. The Morgan fingerprint density at radius 3 is 1.12 bits per heavy atom. The SMILES string of the molecule is CC/C=C\C/C=C\C/C=C\C/C=C\C/C=C\C/C=C\C/C=C\CCCCCC(=O)OC(COC(=O)CCCCCCCCCCCCCCCCC/C=C\C/C=C\CCCCCCC)COC(OCC[N+](C)(C)C)C(=O)[O-]. The number of allylic oxidation sites excluding steroid dienone is 18. The fourth-order valence-corrected chi connectivity index (χ4v) is 8.25. The molecule has 2 atom stereocenters. The van der Waals surface area contributed by atoms with Gasteiger partial charge in [-0.2, -0.15) is 0 Å². The summed E-state index contributed by atoms with van der Waals surface area (Å²) >= 11 is 0. The molecule has 0 heterocycles. The van der Waals surface area contributed by atoms with Crippen LogP contribution in [0.25, 0.3) is 0 Å². The highest BCUT2D eigenvalue weighted by molar-refractivity contribution is 5.70. The normalized spacial score (nSPS) is 13.5. The van der Waals surface area contributed by atoms with Crippen LogP contribution in [0.5, 0.6) is 0 Å². The largest absolute Gasteiger partial charge is 0.545 e. The zero-order valence-corrected chi connectivity index (χ0v) is 50.0. The summed E-state index contributed by atoms with van der Waals surface area (Å²) < 4.78 is 22.7. The number of carbonyl (C=O) groups is 3. The predicted octanol–water partition coefficient (Wildman–Crippen LogP) is 17.3. The number of likely N-dealkylation sites (N-methyl/N-ethyl adjacent to an activating group) is 1. The molecule has 2 unspecified atom stereocenters. The van der Waals surface area contributed by atoms with Gasteiger partial charge in [-0.1, -0.05) is 239 Å². The smallest absolute Gasteiger partial charge is 0.306 e. The highest BCUT2D eigenvalue weighted by atomic mass is 16.7. The highest BCUT2D eigenvalue weighted by Gasteiger charge is 2.22. The lowest BCUT2D eigenvalue weighted by molar-refractivity contribution is -0.870. The minimum atomic E-state index is -1.64.